The summed E-state index contributed by atoms with van der Waals surface area (Å²) < 4.78 is 0. The smallest absolute Gasteiger partial charge is 0.245 e. The first-order chi connectivity index (χ1) is 33.1. The highest BCUT2D eigenvalue weighted by molar-refractivity contribution is 5.96. The summed E-state index contributed by atoms with van der Waals surface area (Å²) in [5.74, 6) is -6.90. The Balaban J connectivity index is 1.71. The van der Waals surface area contributed by atoms with E-state index in [4.69, 9.17) is 17.2 Å². The number of nitrogens with zero attached hydrogens (tertiary/aromatic N) is 2. The number of aromatic nitrogens is 3. The van der Waals surface area contributed by atoms with Crippen LogP contribution in [0.1, 0.15) is 98.8 Å². The number of benzene rings is 1. The molecule has 1 aromatic carbocycles. The summed E-state index contributed by atoms with van der Waals surface area (Å²) in [6, 6.07) is -0.650. The van der Waals surface area contributed by atoms with Gasteiger partial charge >= 0.3 is 0 Å². The predicted molar refractivity (Wildman–Crippen MR) is 264 cm³/mol. The van der Waals surface area contributed by atoms with Gasteiger partial charge in [0.2, 0.25) is 53.2 Å². The number of nitrogens with two attached hydrogens (primary N) is 3. The van der Waals surface area contributed by atoms with Crippen molar-refractivity contribution in [3.63, 3.8) is 0 Å². The van der Waals surface area contributed by atoms with E-state index in [1.807, 2.05) is 58.9 Å². The highest BCUT2D eigenvalue weighted by atomic mass is 16.3. The molecule has 3 rings (SSSR count). The van der Waals surface area contributed by atoms with Gasteiger partial charge in [-0.2, -0.15) is 0 Å². The fraction of sp³-hybridized carbons (Fsp3) is 0.583. The first-order valence-electron chi connectivity index (χ1n) is 23.7. The molecule has 0 unspecified atom stereocenters. The Labute approximate surface area is 414 Å². The second-order valence-electron chi connectivity index (χ2n) is 20.1. The number of hydrogen-bond donors (Lipinski definition) is 12. The van der Waals surface area contributed by atoms with Crippen molar-refractivity contribution < 1.29 is 48.3 Å². The molecule has 23 nitrogen and oxygen atoms in total. The number of para-hydroxylation sites is 1. The standard InChI is InChI=1S/C48H75N13O10/c1-25(2)16-33(37(62)19-39(64)57-36(42(51)66)20-48(6,7)8)58-46(70)35(18-29-22-52-24-54-29)56-40(65)23-61(9)47(71)41(26(3)4)60-43(67)27(5)55-45(69)34(59-44(68)31(49)14-15-38(50)63)17-28-21-53-32-13-11-10-12-30(28)32/h10-13,21-22,24-27,31,33-37,41,53,62H,14-20,23,49H2,1-9H3,(H2,50,63)(H2,51,66)(H,52,54)(H,55,69)(H,56,65)(H,57,64)(H,58,70)(H,59,68)(H,60,67)/t27-,31-,33+,34-,35-,36-,37+,41-/m0/s1. The number of carbonyl (C=O) groups excluding carboxylic acids is 9. The van der Waals surface area contributed by atoms with E-state index in [0.29, 0.717) is 11.3 Å². The van der Waals surface area contributed by atoms with E-state index < -0.39 is 120 Å². The Hall–Kier alpha value is -6.88. The third-order valence-corrected chi connectivity index (χ3v) is 11.5. The lowest BCUT2D eigenvalue weighted by molar-refractivity contribution is -0.140. The van der Waals surface area contributed by atoms with Crippen LogP contribution in [0.3, 0.4) is 0 Å². The second kappa shape index (κ2) is 26.9. The van der Waals surface area contributed by atoms with Crippen LogP contribution in [-0.2, 0) is 56.0 Å². The molecule has 392 valence electrons. The van der Waals surface area contributed by atoms with Crippen LogP contribution in [-0.4, -0.2) is 140 Å². The zero-order chi connectivity index (χ0) is 53.3. The molecule has 23 heteroatoms. The molecule has 0 fully saturated rings. The van der Waals surface area contributed by atoms with Gasteiger partial charge in [-0.3, -0.25) is 43.2 Å². The number of H-pyrrole nitrogens is 2. The predicted octanol–water partition coefficient (Wildman–Crippen LogP) is -0.969. The van der Waals surface area contributed by atoms with Crippen LogP contribution < -0.4 is 49.1 Å². The number of aliphatic hydroxyl groups excluding tert-OH is 1. The van der Waals surface area contributed by atoms with Crippen LogP contribution in [0.2, 0.25) is 0 Å². The van der Waals surface area contributed by atoms with Crippen LogP contribution in [0.25, 0.3) is 10.9 Å². The molecular weight excluding hydrogens is 919 g/mol. The van der Waals surface area contributed by atoms with Gasteiger partial charge in [0.05, 0.1) is 37.5 Å². The van der Waals surface area contributed by atoms with Gasteiger partial charge in [-0.15, -0.1) is 0 Å². The van der Waals surface area contributed by atoms with Crippen molar-refractivity contribution in [2.75, 3.05) is 13.6 Å². The number of imidazole rings is 1. The largest absolute Gasteiger partial charge is 0.390 e. The van der Waals surface area contributed by atoms with Crippen LogP contribution in [0.15, 0.2) is 43.0 Å². The summed E-state index contributed by atoms with van der Waals surface area (Å²) in [5, 5.41) is 28.0. The van der Waals surface area contributed by atoms with Gasteiger partial charge in [-0.1, -0.05) is 66.7 Å². The summed E-state index contributed by atoms with van der Waals surface area (Å²) in [6.07, 6.45) is 2.91. The number of hydrogen-bond acceptors (Lipinski definition) is 12. The molecular formula is C48H75N13O10. The SMILES string of the molecule is CC(C)C[C@@H](NC(=O)[C@H](Cc1cnc[nH]1)NC(=O)CN(C)C(=O)[C@@H](NC(=O)[C@H](C)NC(=O)[C@H](Cc1c[nH]c2ccccc12)NC(=O)[C@@H](N)CCC(N)=O)C(C)C)[C@H](O)CC(=O)N[C@@H](CC(C)(C)C)C(N)=O. The van der Waals surface area contributed by atoms with Gasteiger partial charge in [0.15, 0.2) is 0 Å². The number of fused-ring (bicyclic) bond motifs is 1. The maximum Gasteiger partial charge on any atom is 0.245 e. The normalized spacial score (nSPS) is 15.0. The maximum atomic E-state index is 14.0. The van der Waals surface area contributed by atoms with Crippen molar-refractivity contribution in [1.29, 1.82) is 0 Å². The van der Waals surface area contributed by atoms with Gasteiger partial charge in [-0.05, 0) is 55.1 Å². The Morgan fingerprint density at radius 3 is 2.00 bits per heavy atom. The third kappa shape index (κ3) is 19.4. The van der Waals surface area contributed by atoms with Gasteiger partial charge < -0.3 is 69.1 Å². The summed E-state index contributed by atoms with van der Waals surface area (Å²) in [4.78, 5) is 130. The molecule has 2 heterocycles. The molecule has 0 saturated heterocycles. The van der Waals surface area contributed by atoms with E-state index in [2.05, 4.69) is 46.9 Å². The third-order valence-electron chi connectivity index (χ3n) is 11.5. The minimum absolute atomic E-state index is 0.0000855. The number of likely N-dealkylation sites (N-methyl/N-ethyl adjacent to an activating group) is 1. The van der Waals surface area contributed by atoms with E-state index in [1.165, 1.54) is 26.5 Å². The molecule has 8 atom stereocenters. The van der Waals surface area contributed by atoms with E-state index in [9.17, 15) is 48.3 Å². The fourth-order valence-electron chi connectivity index (χ4n) is 7.73. The van der Waals surface area contributed by atoms with Gasteiger partial charge in [0, 0.05) is 55.3 Å². The highest BCUT2D eigenvalue weighted by Gasteiger charge is 2.34. The molecule has 0 saturated carbocycles. The van der Waals surface area contributed by atoms with E-state index in [0.717, 1.165) is 15.8 Å². The molecule has 2 aromatic heterocycles. The van der Waals surface area contributed by atoms with Crippen molar-refractivity contribution in [2.45, 2.75) is 149 Å². The number of carbonyl (C=O) groups is 9. The van der Waals surface area contributed by atoms with Crippen LogP contribution >= 0.6 is 0 Å². The fourth-order valence-corrected chi connectivity index (χ4v) is 7.73. The monoisotopic (exact) mass is 994 g/mol. The molecule has 3 aromatic rings. The number of rotatable bonds is 28. The quantitative estimate of drug-likeness (QED) is 0.0418. The van der Waals surface area contributed by atoms with E-state index >= 15 is 0 Å². The second-order valence-corrected chi connectivity index (χ2v) is 20.1. The Morgan fingerprint density at radius 1 is 0.775 bits per heavy atom. The van der Waals surface area contributed by atoms with Gasteiger partial charge in [0.1, 0.15) is 30.2 Å². The van der Waals surface area contributed by atoms with E-state index in [1.54, 1.807) is 20.0 Å². The minimum atomic E-state index is -1.40. The summed E-state index contributed by atoms with van der Waals surface area (Å²) in [5.41, 5.74) is 18.4. The molecule has 15 N–H and O–H groups in total. The molecule has 0 bridgehead atoms. The van der Waals surface area contributed by atoms with Crippen molar-refractivity contribution in [3.05, 3.63) is 54.2 Å². The number of aromatic amines is 2. The molecule has 0 radical (unpaired) electrons. The number of primary amides is 2. The zero-order valence-electron chi connectivity index (χ0n) is 42.2. The lowest BCUT2D eigenvalue weighted by Gasteiger charge is -2.30. The van der Waals surface area contributed by atoms with Gasteiger partial charge in [0.25, 0.3) is 0 Å². The average Bonchev–Trinajstić information content (AvgIpc) is 3.95. The Morgan fingerprint density at radius 2 is 1.41 bits per heavy atom. The number of amides is 9. The first kappa shape index (κ1) is 58.4. The molecule has 0 aliphatic heterocycles. The van der Waals surface area contributed by atoms with Crippen molar-refractivity contribution in [2.24, 2.45) is 34.5 Å². The maximum absolute atomic E-state index is 14.0. The molecule has 71 heavy (non-hydrogen) atoms. The summed E-state index contributed by atoms with van der Waals surface area (Å²) in [7, 11) is 1.34. The van der Waals surface area contributed by atoms with Crippen LogP contribution in [0.4, 0.5) is 0 Å². The Kier molecular flexibility index (Phi) is 22.2. The topological polar surface area (TPSA) is 372 Å². The molecule has 0 aliphatic carbocycles. The lowest BCUT2D eigenvalue weighted by Crippen LogP contribution is -2.59. The number of nitrogens with one attached hydrogen (secondary N) is 8. The van der Waals surface area contributed by atoms with Crippen molar-refractivity contribution >= 4 is 64.1 Å². The Bertz CT molecular complexity index is 2310. The van der Waals surface area contributed by atoms with Crippen molar-refractivity contribution in [3.8, 4) is 0 Å². The summed E-state index contributed by atoms with van der Waals surface area (Å²) in [6.45, 7) is 13.6. The first-order valence-corrected chi connectivity index (χ1v) is 23.7. The molecule has 9 amide bonds. The van der Waals surface area contributed by atoms with Crippen LogP contribution in [0, 0.1) is 17.3 Å². The molecule has 0 spiro atoms. The van der Waals surface area contributed by atoms with Crippen molar-refractivity contribution in [1.82, 2.24) is 51.8 Å². The average molecular weight is 994 g/mol. The van der Waals surface area contributed by atoms with Gasteiger partial charge in [-0.25, -0.2) is 4.98 Å². The van der Waals surface area contributed by atoms with Crippen LogP contribution in [0.5, 0.6) is 0 Å². The lowest BCUT2D eigenvalue weighted by atomic mass is 9.87. The number of aliphatic hydroxyl groups is 1. The highest BCUT2D eigenvalue weighted by Crippen LogP contribution is 2.22. The zero-order valence-corrected chi connectivity index (χ0v) is 42.2. The molecule has 0 aliphatic rings. The summed E-state index contributed by atoms with van der Waals surface area (Å²) >= 11 is 0. The minimum Gasteiger partial charge on any atom is -0.390 e. The van der Waals surface area contributed by atoms with E-state index in [-0.39, 0.29) is 49.9 Å².